The molecule has 218 valence electrons. The Morgan fingerprint density at radius 1 is 0.744 bits per heavy atom. The molecule has 1 N–H and O–H groups in total. The molecule has 0 radical (unpaired) electrons. The van der Waals surface area contributed by atoms with Gasteiger partial charge in [-0.15, -0.1) is 0 Å². The Balaban J connectivity index is 1.08. The van der Waals surface area contributed by atoms with Gasteiger partial charge in [-0.05, 0) is 87.9 Å². The van der Waals surface area contributed by atoms with Gasteiger partial charge < -0.3 is 23.7 Å². The predicted octanol–water partition coefficient (Wildman–Crippen LogP) is 3.51. The molecule has 2 unspecified atom stereocenters. The first kappa shape index (κ1) is 25.8. The van der Waals surface area contributed by atoms with Crippen LogP contribution in [0.15, 0.2) is 0 Å². The van der Waals surface area contributed by atoms with E-state index < -0.39 is 51.2 Å². The lowest BCUT2D eigenvalue weighted by Crippen LogP contribution is -2.60. The van der Waals surface area contributed by atoms with Crippen LogP contribution in [0.25, 0.3) is 0 Å². The average molecular weight is 575 g/mol. The van der Waals surface area contributed by atoms with E-state index in [0.29, 0.717) is 23.7 Å². The van der Waals surface area contributed by atoms with Crippen LogP contribution >= 0.6 is 0 Å². The summed E-state index contributed by atoms with van der Waals surface area (Å²) in [7, 11) is -6.03. The molecule has 2 aliphatic heterocycles. The lowest BCUT2D eigenvalue weighted by Gasteiger charge is -2.58. The predicted molar refractivity (Wildman–Crippen MR) is 128 cm³/mol. The van der Waals surface area contributed by atoms with Crippen molar-refractivity contribution in [1.82, 2.24) is 0 Å². The van der Waals surface area contributed by atoms with Gasteiger partial charge in [0.05, 0.1) is 13.2 Å². The number of carbonyl (C=O) groups is 1. The molecule has 0 amide bonds. The zero-order valence-electron chi connectivity index (χ0n) is 21.7. The summed E-state index contributed by atoms with van der Waals surface area (Å²) in [6.45, 7) is 0.0309. The first-order valence-corrected chi connectivity index (χ1v) is 16.1. The zero-order chi connectivity index (χ0) is 26.9. The Kier molecular flexibility index (Phi) is 5.51. The lowest BCUT2D eigenvalue weighted by molar-refractivity contribution is -0.309. The van der Waals surface area contributed by atoms with Crippen LogP contribution in [0.3, 0.4) is 0 Å². The first-order chi connectivity index (χ1) is 18.5. The van der Waals surface area contributed by atoms with Gasteiger partial charge in [0, 0.05) is 23.7 Å². The van der Waals surface area contributed by atoms with Gasteiger partial charge in [-0.2, -0.15) is 17.2 Å². The number of esters is 1. The van der Waals surface area contributed by atoms with Gasteiger partial charge in [-0.3, -0.25) is 4.55 Å². The molecule has 2 spiro atoms. The quantitative estimate of drug-likeness (QED) is 0.389. The maximum Gasteiger partial charge on any atom is 0.465 e. The largest absolute Gasteiger partial charge is 0.465 e. The van der Waals surface area contributed by atoms with Crippen molar-refractivity contribution in [2.45, 2.75) is 99.3 Å². The topological polar surface area (TPSA) is 118 Å². The van der Waals surface area contributed by atoms with Crippen LogP contribution in [-0.4, -0.2) is 67.3 Å². The van der Waals surface area contributed by atoms with Crippen LogP contribution in [0.1, 0.15) is 64.2 Å². The molecule has 0 aromatic carbocycles. The molecule has 2 saturated heterocycles. The Morgan fingerprint density at radius 2 is 1.10 bits per heavy atom. The fourth-order valence-corrected chi connectivity index (χ4v) is 10.8. The Labute approximate surface area is 226 Å². The molecule has 8 bridgehead atoms. The second-order valence-electron chi connectivity index (χ2n) is 13.8. The van der Waals surface area contributed by atoms with Crippen LogP contribution in [0.2, 0.25) is 0 Å². The van der Waals surface area contributed by atoms with Crippen molar-refractivity contribution >= 4 is 16.1 Å². The van der Waals surface area contributed by atoms with E-state index in [1.54, 1.807) is 0 Å². The molecule has 39 heavy (non-hydrogen) atoms. The highest BCUT2D eigenvalue weighted by Crippen LogP contribution is 2.63. The van der Waals surface area contributed by atoms with Crippen LogP contribution in [0.4, 0.5) is 8.78 Å². The summed E-state index contributed by atoms with van der Waals surface area (Å²) in [6.07, 6.45) is 7.15. The van der Waals surface area contributed by atoms with Crippen molar-refractivity contribution < 1.29 is 50.2 Å². The van der Waals surface area contributed by atoms with E-state index in [1.165, 1.54) is 12.8 Å². The smallest absolute Gasteiger partial charge is 0.451 e. The van der Waals surface area contributed by atoms with Crippen LogP contribution in [-0.2, 0) is 38.6 Å². The minimum absolute atomic E-state index is 0.0155. The Morgan fingerprint density at radius 3 is 1.44 bits per heavy atom. The molecule has 2 heterocycles. The van der Waals surface area contributed by atoms with Gasteiger partial charge in [-0.1, -0.05) is 0 Å². The van der Waals surface area contributed by atoms with Gasteiger partial charge in [0.2, 0.25) is 0 Å². The SMILES string of the molecule is O=C(OC(C1COC2(O1)C1CC3CC(C1)CC2C3)C1COC2(O1)C1CC3CC(C1)CC2C3)C(F)(F)S(=O)(=O)O. The number of carbonyl (C=O) groups excluding carboxylic acids is 1. The number of halogens is 2. The van der Waals surface area contributed by atoms with Crippen molar-refractivity contribution in [3.8, 4) is 0 Å². The molecule has 0 aromatic rings. The normalized spacial score (nSPS) is 52.3. The van der Waals surface area contributed by atoms with Crippen molar-refractivity contribution in [1.29, 1.82) is 0 Å². The summed E-state index contributed by atoms with van der Waals surface area (Å²) in [4.78, 5) is 12.6. The maximum atomic E-state index is 14.4. The highest BCUT2D eigenvalue weighted by Gasteiger charge is 2.67. The summed E-state index contributed by atoms with van der Waals surface area (Å²) in [5.41, 5.74) is 0. The van der Waals surface area contributed by atoms with Gasteiger partial charge in [0.25, 0.3) is 0 Å². The molecule has 0 aromatic heterocycles. The number of hydrogen-bond donors (Lipinski definition) is 1. The number of hydrogen-bond acceptors (Lipinski definition) is 8. The number of ether oxygens (including phenoxy) is 5. The molecule has 9 nitrogen and oxygen atoms in total. The van der Waals surface area contributed by atoms with Crippen molar-refractivity contribution in [3.63, 3.8) is 0 Å². The lowest BCUT2D eigenvalue weighted by atomic mass is 9.53. The highest BCUT2D eigenvalue weighted by molar-refractivity contribution is 7.87. The van der Waals surface area contributed by atoms with E-state index >= 15 is 0 Å². The maximum absolute atomic E-state index is 14.4. The third-order valence-corrected chi connectivity index (χ3v) is 12.5. The van der Waals surface area contributed by atoms with Crippen molar-refractivity contribution in [3.05, 3.63) is 0 Å². The molecule has 10 rings (SSSR count). The second kappa shape index (κ2) is 8.34. The van der Waals surface area contributed by atoms with Crippen molar-refractivity contribution in [2.24, 2.45) is 47.3 Å². The van der Waals surface area contributed by atoms with E-state index in [0.717, 1.165) is 51.4 Å². The molecular weight excluding hydrogens is 538 g/mol. The first-order valence-electron chi connectivity index (χ1n) is 14.7. The Hall–Kier alpha value is -0.920. The third kappa shape index (κ3) is 3.63. The minimum Gasteiger partial charge on any atom is -0.451 e. The molecule has 10 fully saturated rings. The second-order valence-corrected chi connectivity index (χ2v) is 15.3. The zero-order valence-corrected chi connectivity index (χ0v) is 22.5. The fourth-order valence-electron chi connectivity index (χ4n) is 10.6. The molecule has 10 aliphatic rings. The summed E-state index contributed by atoms with van der Waals surface area (Å²) < 4.78 is 91.6. The van der Waals surface area contributed by atoms with Gasteiger partial charge in [0.1, 0.15) is 12.2 Å². The summed E-state index contributed by atoms with van der Waals surface area (Å²) in [5.74, 6) is -0.718. The molecule has 12 heteroatoms. The number of rotatable bonds is 5. The van der Waals surface area contributed by atoms with Crippen LogP contribution in [0, 0.1) is 47.3 Å². The minimum atomic E-state index is -6.03. The summed E-state index contributed by atoms with van der Waals surface area (Å²) in [5, 5.41) is -5.12. The number of alkyl halides is 2. The van der Waals surface area contributed by atoms with E-state index in [4.69, 9.17) is 28.2 Å². The molecule has 2 atom stereocenters. The van der Waals surface area contributed by atoms with E-state index in [2.05, 4.69) is 0 Å². The van der Waals surface area contributed by atoms with Gasteiger partial charge >= 0.3 is 21.3 Å². The summed E-state index contributed by atoms with van der Waals surface area (Å²) in [6, 6.07) is 0. The molecule has 8 saturated carbocycles. The van der Waals surface area contributed by atoms with Gasteiger partial charge in [-0.25, -0.2) is 4.79 Å². The average Bonchev–Trinajstić information content (AvgIpc) is 3.50. The standard InChI is InChI=1S/C27H36F2O9S/c28-27(29,39(31,32)33)24(30)36-23(21-11-34-25(37-21)17-3-13-1-14(5-17)6-18(25)4-13)22-12-35-26(38-22)19-7-15-2-16(9-19)10-20(26)8-15/h13-23H,1-12H2,(H,31,32,33). The van der Waals surface area contributed by atoms with Crippen LogP contribution < -0.4 is 0 Å². The highest BCUT2D eigenvalue weighted by atomic mass is 32.2. The molecular formula is C27H36F2O9S. The van der Waals surface area contributed by atoms with Crippen molar-refractivity contribution in [2.75, 3.05) is 13.2 Å². The summed E-state index contributed by atoms with van der Waals surface area (Å²) >= 11 is 0. The third-order valence-electron chi connectivity index (χ3n) is 11.7. The van der Waals surface area contributed by atoms with Crippen LogP contribution in [0.5, 0.6) is 0 Å². The van der Waals surface area contributed by atoms with E-state index in [1.807, 2.05) is 0 Å². The monoisotopic (exact) mass is 574 g/mol. The molecule has 8 aliphatic carbocycles. The van der Waals surface area contributed by atoms with E-state index in [9.17, 15) is 22.0 Å². The Bertz CT molecular complexity index is 1040. The van der Waals surface area contributed by atoms with E-state index in [-0.39, 0.29) is 36.9 Å². The van der Waals surface area contributed by atoms with Gasteiger partial charge in [0.15, 0.2) is 17.7 Å². The fraction of sp³-hybridized carbons (Fsp3) is 0.963.